The average molecular weight is 325 g/mol. The Morgan fingerprint density at radius 3 is 2.52 bits per heavy atom. The molecule has 1 N–H and O–H groups in total. The van der Waals surface area contributed by atoms with E-state index in [0.29, 0.717) is 6.42 Å². The summed E-state index contributed by atoms with van der Waals surface area (Å²) in [6, 6.07) is 10.3. The molecule has 1 aromatic carbocycles. The van der Waals surface area contributed by atoms with E-state index in [-0.39, 0.29) is 24.9 Å². The summed E-state index contributed by atoms with van der Waals surface area (Å²) in [5.74, 6) is -0.401. The largest absolute Gasteiger partial charge is 0.435 e. The Hall–Kier alpha value is -2.31. The van der Waals surface area contributed by atoms with E-state index in [0.717, 1.165) is 11.6 Å². The summed E-state index contributed by atoms with van der Waals surface area (Å²) in [4.78, 5) is 12.2. The maximum Gasteiger partial charge on any atom is 0.435 e. The molecule has 23 heavy (non-hydrogen) atoms. The van der Waals surface area contributed by atoms with Gasteiger partial charge >= 0.3 is 6.18 Å². The number of hydrogen-bond donors (Lipinski definition) is 1. The molecule has 0 aliphatic carbocycles. The smallest absolute Gasteiger partial charge is 0.354 e. The first-order valence-electron chi connectivity index (χ1n) is 7.35. The Morgan fingerprint density at radius 2 is 1.96 bits per heavy atom. The van der Waals surface area contributed by atoms with E-state index < -0.39 is 11.9 Å². The number of halogens is 3. The number of rotatable bonds is 6. The van der Waals surface area contributed by atoms with Gasteiger partial charge in [0.15, 0.2) is 5.69 Å². The second-order valence-corrected chi connectivity index (χ2v) is 5.12. The highest BCUT2D eigenvalue weighted by Gasteiger charge is 2.33. The topological polar surface area (TPSA) is 46.9 Å². The third-order valence-corrected chi connectivity index (χ3v) is 3.50. The van der Waals surface area contributed by atoms with Crippen molar-refractivity contribution in [1.29, 1.82) is 0 Å². The van der Waals surface area contributed by atoms with E-state index in [1.165, 1.54) is 10.9 Å². The maximum absolute atomic E-state index is 12.4. The average Bonchev–Trinajstić information content (AvgIpc) is 2.98. The molecule has 1 heterocycles. The number of nitrogens with one attached hydrogen (secondary N) is 1. The molecule has 0 unspecified atom stereocenters. The highest BCUT2D eigenvalue weighted by molar-refractivity contribution is 5.83. The van der Waals surface area contributed by atoms with Crippen molar-refractivity contribution in [3.05, 3.63) is 53.9 Å². The minimum atomic E-state index is -4.45. The van der Waals surface area contributed by atoms with Gasteiger partial charge in [-0.2, -0.15) is 18.3 Å². The van der Waals surface area contributed by atoms with E-state index in [1.54, 1.807) is 0 Å². The second kappa shape index (κ2) is 7.30. The zero-order valence-corrected chi connectivity index (χ0v) is 12.7. The molecule has 4 nitrogen and oxygen atoms in total. The molecule has 1 atom stereocenters. The van der Waals surface area contributed by atoms with Crippen molar-refractivity contribution < 1.29 is 18.0 Å². The number of hydrogen-bond acceptors (Lipinski definition) is 2. The first-order chi connectivity index (χ1) is 10.9. The fourth-order valence-electron chi connectivity index (χ4n) is 2.31. The van der Waals surface area contributed by atoms with Crippen molar-refractivity contribution in [2.24, 2.45) is 0 Å². The Balaban J connectivity index is 1.88. The fourth-order valence-corrected chi connectivity index (χ4v) is 2.31. The Kier molecular flexibility index (Phi) is 5.41. The maximum atomic E-state index is 12.4. The van der Waals surface area contributed by atoms with Crippen LogP contribution < -0.4 is 5.32 Å². The van der Waals surface area contributed by atoms with Gasteiger partial charge in [-0.25, -0.2) is 0 Å². The van der Waals surface area contributed by atoms with E-state index in [4.69, 9.17) is 0 Å². The third-order valence-electron chi connectivity index (χ3n) is 3.50. The lowest BCUT2D eigenvalue weighted by molar-refractivity contribution is -0.141. The van der Waals surface area contributed by atoms with Crippen molar-refractivity contribution in [2.75, 3.05) is 6.54 Å². The van der Waals surface area contributed by atoms with Gasteiger partial charge < -0.3 is 5.32 Å². The number of amides is 1. The van der Waals surface area contributed by atoms with Crippen LogP contribution in [0.15, 0.2) is 42.6 Å². The molecule has 0 saturated heterocycles. The van der Waals surface area contributed by atoms with Gasteiger partial charge in [0.25, 0.3) is 0 Å². The molecule has 1 amide bonds. The summed E-state index contributed by atoms with van der Waals surface area (Å²) in [5.41, 5.74) is -0.00880. The SMILES string of the molecule is CC[C@H](C(=O)NCCn1ccc(C(F)(F)F)n1)c1ccccc1. The number of alkyl halides is 3. The second-order valence-electron chi connectivity index (χ2n) is 5.12. The van der Waals surface area contributed by atoms with Crippen LogP contribution in [0.3, 0.4) is 0 Å². The number of benzene rings is 1. The van der Waals surface area contributed by atoms with E-state index in [1.807, 2.05) is 37.3 Å². The van der Waals surface area contributed by atoms with Crippen LogP contribution in [-0.4, -0.2) is 22.2 Å². The van der Waals surface area contributed by atoms with Crippen LogP contribution in [0.1, 0.15) is 30.5 Å². The summed E-state index contributed by atoms with van der Waals surface area (Å²) in [7, 11) is 0. The standard InChI is InChI=1S/C16H18F3N3O/c1-2-13(12-6-4-3-5-7-12)15(23)20-9-11-22-10-8-14(21-22)16(17,18)19/h3-8,10,13H,2,9,11H2,1H3,(H,20,23)/t13-/m0/s1. The predicted octanol–water partition coefficient (Wildman–Crippen LogP) is 3.21. The summed E-state index contributed by atoms with van der Waals surface area (Å²) in [6.07, 6.45) is -2.55. The highest BCUT2D eigenvalue weighted by Crippen LogP contribution is 2.27. The Bertz CT molecular complexity index is 638. The van der Waals surface area contributed by atoms with Crippen LogP contribution in [0.4, 0.5) is 13.2 Å². The van der Waals surface area contributed by atoms with Crippen LogP contribution in [0.5, 0.6) is 0 Å². The number of carbonyl (C=O) groups is 1. The predicted molar refractivity (Wildman–Crippen MR) is 79.7 cm³/mol. The lowest BCUT2D eigenvalue weighted by atomic mass is 9.96. The van der Waals surface area contributed by atoms with Gasteiger partial charge in [-0.1, -0.05) is 37.3 Å². The quantitative estimate of drug-likeness (QED) is 0.886. The third kappa shape index (κ3) is 4.58. The van der Waals surface area contributed by atoms with E-state index in [9.17, 15) is 18.0 Å². The summed E-state index contributed by atoms with van der Waals surface area (Å²) in [5, 5.41) is 6.19. The molecule has 7 heteroatoms. The van der Waals surface area contributed by atoms with Crippen molar-refractivity contribution in [2.45, 2.75) is 32.0 Å². The molecule has 1 aromatic heterocycles. The molecule has 0 aliphatic rings. The van der Waals surface area contributed by atoms with Gasteiger partial charge in [0, 0.05) is 12.7 Å². The number of aromatic nitrogens is 2. The molecule has 0 fully saturated rings. The van der Waals surface area contributed by atoms with Crippen LogP contribution in [-0.2, 0) is 17.5 Å². The zero-order valence-electron chi connectivity index (χ0n) is 12.7. The molecule has 0 spiro atoms. The summed E-state index contributed by atoms with van der Waals surface area (Å²) in [6.45, 7) is 2.33. The monoisotopic (exact) mass is 325 g/mol. The normalized spacial score (nSPS) is 12.9. The summed E-state index contributed by atoms with van der Waals surface area (Å²) >= 11 is 0. The fraction of sp³-hybridized carbons (Fsp3) is 0.375. The van der Waals surface area contributed by atoms with Gasteiger partial charge in [0.1, 0.15) is 0 Å². The van der Waals surface area contributed by atoms with Gasteiger partial charge in [-0.15, -0.1) is 0 Å². The van der Waals surface area contributed by atoms with Gasteiger partial charge in [-0.05, 0) is 18.1 Å². The van der Waals surface area contributed by atoms with Crippen LogP contribution in [0.25, 0.3) is 0 Å². The molecule has 2 rings (SSSR count). The van der Waals surface area contributed by atoms with E-state index in [2.05, 4.69) is 10.4 Å². The van der Waals surface area contributed by atoms with Crippen LogP contribution in [0, 0.1) is 0 Å². The number of carbonyl (C=O) groups excluding carboxylic acids is 1. The molecule has 2 aromatic rings. The summed E-state index contributed by atoms with van der Waals surface area (Å²) < 4.78 is 38.5. The molecule has 0 aliphatic heterocycles. The molecular weight excluding hydrogens is 307 g/mol. The van der Waals surface area contributed by atoms with Crippen LogP contribution in [0.2, 0.25) is 0 Å². The first kappa shape index (κ1) is 17.1. The Labute approximate surface area is 132 Å². The lowest BCUT2D eigenvalue weighted by Crippen LogP contribution is -2.32. The molecule has 0 radical (unpaired) electrons. The van der Waals surface area contributed by atoms with Crippen molar-refractivity contribution in [3.63, 3.8) is 0 Å². The zero-order chi connectivity index (χ0) is 16.9. The van der Waals surface area contributed by atoms with Crippen molar-refractivity contribution >= 4 is 5.91 Å². The highest BCUT2D eigenvalue weighted by atomic mass is 19.4. The van der Waals surface area contributed by atoms with Gasteiger partial charge in [-0.3, -0.25) is 9.48 Å². The molecule has 0 bridgehead atoms. The van der Waals surface area contributed by atoms with Crippen molar-refractivity contribution in [1.82, 2.24) is 15.1 Å². The van der Waals surface area contributed by atoms with E-state index >= 15 is 0 Å². The molecule has 0 saturated carbocycles. The molecular formula is C16H18F3N3O. The minimum Gasteiger partial charge on any atom is -0.354 e. The molecule has 124 valence electrons. The van der Waals surface area contributed by atoms with Gasteiger partial charge in [0.05, 0.1) is 12.5 Å². The van der Waals surface area contributed by atoms with Gasteiger partial charge in [0.2, 0.25) is 5.91 Å². The van der Waals surface area contributed by atoms with Crippen LogP contribution >= 0.6 is 0 Å². The van der Waals surface area contributed by atoms with Crippen molar-refractivity contribution in [3.8, 4) is 0 Å². The Morgan fingerprint density at radius 1 is 1.26 bits per heavy atom. The number of nitrogens with zero attached hydrogens (tertiary/aromatic N) is 2. The lowest BCUT2D eigenvalue weighted by Gasteiger charge is -2.15. The minimum absolute atomic E-state index is 0.137. The first-order valence-corrected chi connectivity index (χ1v) is 7.35.